The van der Waals surface area contributed by atoms with Gasteiger partial charge in [0, 0.05) is 43.6 Å². The van der Waals surface area contributed by atoms with Crippen molar-refractivity contribution in [1.29, 1.82) is 0 Å². The molecule has 26 heavy (non-hydrogen) atoms. The molecule has 0 aliphatic rings. The van der Waals surface area contributed by atoms with Crippen molar-refractivity contribution < 1.29 is 16.3 Å². The average Bonchev–Trinajstić information content (AvgIpc) is 3.04. The summed E-state index contributed by atoms with van der Waals surface area (Å²) >= 11 is 5.99. The minimum Gasteiger partial charge on any atom is -0.356 e. The molecule has 3 rings (SSSR count). The Hall–Kier alpha value is -2.78. The summed E-state index contributed by atoms with van der Waals surface area (Å²) in [6.45, 7) is 2.26. The Morgan fingerprint density at radius 2 is 2.27 bits per heavy atom. The van der Waals surface area contributed by atoms with Crippen molar-refractivity contribution in [3.8, 4) is 11.4 Å². The first-order chi connectivity index (χ1) is 12.5. The predicted molar refractivity (Wildman–Crippen MR) is 108 cm³/mol. The fraction of sp³-hybridized carbons (Fsp3) is 0.250. The normalized spacial score (nSPS) is 12.2. The maximum Gasteiger partial charge on any atom is 0.242 e. The van der Waals surface area contributed by atoms with Gasteiger partial charge in [-0.1, -0.05) is 11.6 Å². The molecule has 3 aromatic heterocycles. The van der Waals surface area contributed by atoms with Gasteiger partial charge in [0.05, 0.1) is 11.2 Å². The van der Waals surface area contributed by atoms with Crippen LogP contribution in [0.15, 0.2) is 24.7 Å². The van der Waals surface area contributed by atoms with Crippen LogP contribution in [0.4, 0.5) is 10.2 Å². The van der Waals surface area contributed by atoms with Crippen LogP contribution < -0.4 is 16.4 Å². The van der Waals surface area contributed by atoms with Gasteiger partial charge in [-0.25, -0.2) is 19.3 Å². The van der Waals surface area contributed by atoms with Gasteiger partial charge in [0.2, 0.25) is 5.91 Å². The molecule has 0 bridgehead atoms. The number of nitrogens with one attached hydrogen (secondary N) is 3. The number of nitrogens with two attached hydrogens (primary N) is 1. The molecule has 0 saturated carbocycles. The van der Waals surface area contributed by atoms with Gasteiger partial charge in [0.1, 0.15) is 11.7 Å². The minimum absolute atomic E-state index is 0. The molecule has 0 aromatic carbocycles. The Labute approximate surface area is 160 Å². The molecule has 0 spiro atoms. The lowest BCUT2D eigenvalue weighted by atomic mass is 10.2. The lowest BCUT2D eigenvalue weighted by molar-refractivity contribution is -0.121. The van der Waals surface area contributed by atoms with Crippen molar-refractivity contribution in [2.75, 3.05) is 18.4 Å². The van der Waals surface area contributed by atoms with Gasteiger partial charge < -0.3 is 21.4 Å². The Morgan fingerprint density at radius 1 is 1.46 bits per heavy atom. The van der Waals surface area contributed by atoms with E-state index in [1.165, 1.54) is 6.20 Å². The van der Waals surface area contributed by atoms with Crippen LogP contribution in [-0.2, 0) is 4.79 Å². The van der Waals surface area contributed by atoms with Crippen molar-refractivity contribution in [3.63, 3.8) is 0 Å². The molecule has 0 saturated heterocycles. The molecule has 1 atom stereocenters. The number of hydrogen-bond donors (Lipinski definition) is 4. The fourth-order valence-electron chi connectivity index (χ4n) is 2.38. The molecule has 0 radical (unpaired) electrons. The van der Waals surface area contributed by atoms with E-state index < -0.39 is 11.9 Å². The van der Waals surface area contributed by atoms with Crippen LogP contribution in [0, 0.1) is 5.82 Å². The number of H-pyrrole nitrogens is 1. The zero-order valence-electron chi connectivity index (χ0n) is 13.9. The van der Waals surface area contributed by atoms with Gasteiger partial charge in [-0.05, 0) is 13.0 Å². The topological polar surface area (TPSA) is 122 Å². The van der Waals surface area contributed by atoms with Gasteiger partial charge in [-0.2, -0.15) is 0 Å². The molecule has 0 fully saturated rings. The molecule has 8 nitrogen and oxygen atoms in total. The molecular weight excluding hydrogens is 361 g/mol. The van der Waals surface area contributed by atoms with E-state index in [0.29, 0.717) is 34.7 Å². The number of amides is 1. The van der Waals surface area contributed by atoms with Crippen molar-refractivity contribution >= 4 is 34.4 Å². The van der Waals surface area contributed by atoms with Gasteiger partial charge in [0.25, 0.3) is 0 Å². The Bertz CT molecular complexity index is 965. The number of carbonyl (C=O) groups is 1. The number of anilines is 1. The predicted octanol–water partition coefficient (Wildman–Crippen LogP) is 2.92. The quantitative estimate of drug-likeness (QED) is 0.516. The smallest absolute Gasteiger partial charge is 0.242 e. The second kappa shape index (κ2) is 7.63. The molecule has 3 heterocycles. The largest absolute Gasteiger partial charge is 0.356 e. The van der Waals surface area contributed by atoms with Crippen LogP contribution in [-0.4, -0.2) is 45.0 Å². The molecule has 0 aliphatic carbocycles. The lowest BCUT2D eigenvalue weighted by Crippen LogP contribution is -2.40. The molecule has 146 valence electrons. The van der Waals surface area contributed by atoms with Crippen molar-refractivity contribution in [3.05, 3.63) is 35.5 Å². The zero-order chi connectivity index (χ0) is 18.7. The van der Waals surface area contributed by atoms with Gasteiger partial charge in [0.15, 0.2) is 17.5 Å². The second-order valence-electron chi connectivity index (χ2n) is 5.59. The standard InChI is InChI=1S/C16H17ClFN7O.5H2/c1-8(16(26)20-3-2-19)24-15-12(18)7-23-14(25-15)11-6-22-13-10(11)4-9(17)5-21-13;;;;;/h4-8H,2-3,19H2,1H3,(H,20,26)(H,21,22)(H,23,24,25);5*1H/t8-;;;;;/m0...../s1. The van der Waals surface area contributed by atoms with E-state index in [1.807, 2.05) is 0 Å². The number of carbonyl (C=O) groups excluding carboxylic acids is 1. The van der Waals surface area contributed by atoms with Crippen LogP contribution in [0.2, 0.25) is 5.02 Å². The highest BCUT2D eigenvalue weighted by Crippen LogP contribution is 2.28. The summed E-state index contributed by atoms with van der Waals surface area (Å²) in [4.78, 5) is 27.3. The highest BCUT2D eigenvalue weighted by molar-refractivity contribution is 6.31. The molecule has 10 heteroatoms. The summed E-state index contributed by atoms with van der Waals surface area (Å²) < 4.78 is 14.1. The van der Waals surface area contributed by atoms with Gasteiger partial charge >= 0.3 is 0 Å². The first-order valence-corrected chi connectivity index (χ1v) is 8.27. The summed E-state index contributed by atoms with van der Waals surface area (Å²) in [7, 11) is 0. The third kappa shape index (κ3) is 3.73. The van der Waals surface area contributed by atoms with Crippen LogP contribution in [0.25, 0.3) is 22.4 Å². The first-order valence-electron chi connectivity index (χ1n) is 7.89. The second-order valence-corrected chi connectivity index (χ2v) is 6.02. The summed E-state index contributed by atoms with van der Waals surface area (Å²) in [5, 5.41) is 6.55. The summed E-state index contributed by atoms with van der Waals surface area (Å²) in [5.74, 6) is -0.769. The van der Waals surface area contributed by atoms with E-state index >= 15 is 0 Å². The minimum atomic E-state index is -0.696. The number of fused-ring (bicyclic) bond motifs is 1. The fourth-order valence-corrected chi connectivity index (χ4v) is 2.54. The van der Waals surface area contributed by atoms with Crippen molar-refractivity contribution in [2.24, 2.45) is 5.73 Å². The highest BCUT2D eigenvalue weighted by Gasteiger charge is 2.17. The Morgan fingerprint density at radius 3 is 3.04 bits per heavy atom. The van der Waals surface area contributed by atoms with Gasteiger partial charge in [-0.15, -0.1) is 0 Å². The van der Waals surface area contributed by atoms with E-state index in [9.17, 15) is 9.18 Å². The number of halogens is 2. The zero-order valence-corrected chi connectivity index (χ0v) is 14.6. The van der Waals surface area contributed by atoms with Crippen LogP contribution in [0.3, 0.4) is 0 Å². The maximum absolute atomic E-state index is 14.1. The lowest BCUT2D eigenvalue weighted by Gasteiger charge is -2.15. The molecule has 1 amide bonds. The number of hydrogen-bond acceptors (Lipinski definition) is 6. The van der Waals surface area contributed by atoms with E-state index in [2.05, 4.69) is 30.6 Å². The van der Waals surface area contributed by atoms with Crippen molar-refractivity contribution in [2.45, 2.75) is 13.0 Å². The van der Waals surface area contributed by atoms with Crippen LogP contribution >= 0.6 is 11.6 Å². The SMILES string of the molecule is C[C@H](Nc1nc(-c2c[nH]c3ncc(Cl)cc23)ncc1F)C(=O)NCCN.[HH].[HH].[HH].[HH].[HH]. The summed E-state index contributed by atoms with van der Waals surface area (Å²) in [6.07, 6.45) is 4.23. The molecule has 0 unspecified atom stereocenters. The third-order valence-corrected chi connectivity index (χ3v) is 3.88. The van der Waals surface area contributed by atoms with E-state index in [-0.39, 0.29) is 24.7 Å². The molecule has 5 N–H and O–H groups in total. The van der Waals surface area contributed by atoms with Crippen molar-refractivity contribution in [1.82, 2.24) is 25.3 Å². The van der Waals surface area contributed by atoms with E-state index in [4.69, 9.17) is 17.3 Å². The summed E-state index contributed by atoms with van der Waals surface area (Å²) in [5.41, 5.74) is 6.59. The number of pyridine rings is 1. The highest BCUT2D eigenvalue weighted by atomic mass is 35.5. The number of aromatic amines is 1. The number of aromatic nitrogens is 4. The summed E-state index contributed by atoms with van der Waals surface area (Å²) in [6, 6.07) is 1.02. The molecule has 3 aromatic rings. The van der Waals surface area contributed by atoms with Crippen LogP contribution in [0.5, 0.6) is 0 Å². The maximum atomic E-state index is 14.1. The Kier molecular flexibility index (Phi) is 5.29. The monoisotopic (exact) mass is 387 g/mol. The first kappa shape index (κ1) is 18.0. The third-order valence-electron chi connectivity index (χ3n) is 3.67. The number of rotatable bonds is 6. The van der Waals surface area contributed by atoms with E-state index in [1.54, 1.807) is 19.2 Å². The molecular formula is C16H27ClFN7O. The van der Waals surface area contributed by atoms with Gasteiger partial charge in [-0.3, -0.25) is 4.79 Å². The average molecular weight is 388 g/mol. The van der Waals surface area contributed by atoms with Crippen LogP contribution in [0.1, 0.15) is 14.1 Å². The Balaban J connectivity index is -0.00000157. The van der Waals surface area contributed by atoms with E-state index in [0.717, 1.165) is 6.20 Å². The molecule has 0 aliphatic heterocycles. The number of nitrogens with zero attached hydrogens (tertiary/aromatic N) is 3.